The standard InChI is InChI=1S/C14H27N3/c1-3-7-13(10-15-2)11-16-12-17-14-8-5-4-6-9-14/h7,11,14-15,17H,3-6,8-10,12H2,1-2H3/b13-7-,16-11-. The molecule has 0 aromatic carbocycles. The average molecular weight is 237 g/mol. The molecule has 1 fully saturated rings. The molecule has 3 nitrogen and oxygen atoms in total. The largest absolute Gasteiger partial charge is 0.316 e. The highest BCUT2D eigenvalue weighted by atomic mass is 15.0. The van der Waals surface area contributed by atoms with Crippen LogP contribution in [0.1, 0.15) is 45.4 Å². The van der Waals surface area contributed by atoms with Crippen molar-refractivity contribution in [2.24, 2.45) is 4.99 Å². The van der Waals surface area contributed by atoms with Gasteiger partial charge in [-0.15, -0.1) is 0 Å². The third-order valence-electron chi connectivity index (χ3n) is 3.18. The van der Waals surface area contributed by atoms with Gasteiger partial charge in [0, 0.05) is 18.8 Å². The van der Waals surface area contributed by atoms with Crippen LogP contribution in [0.3, 0.4) is 0 Å². The highest BCUT2D eigenvalue weighted by Gasteiger charge is 2.11. The number of rotatable bonds is 7. The zero-order chi connectivity index (χ0) is 12.3. The lowest BCUT2D eigenvalue weighted by Gasteiger charge is -2.21. The second kappa shape index (κ2) is 9.37. The van der Waals surface area contributed by atoms with Gasteiger partial charge >= 0.3 is 0 Å². The summed E-state index contributed by atoms with van der Waals surface area (Å²) in [6.07, 6.45) is 12.1. The molecule has 2 N–H and O–H groups in total. The van der Waals surface area contributed by atoms with E-state index in [2.05, 4.69) is 28.6 Å². The summed E-state index contributed by atoms with van der Waals surface area (Å²) in [6, 6.07) is 0.698. The van der Waals surface area contributed by atoms with Gasteiger partial charge in [0.25, 0.3) is 0 Å². The van der Waals surface area contributed by atoms with E-state index in [0.29, 0.717) is 6.04 Å². The molecule has 0 saturated heterocycles. The SMILES string of the molecule is CC/C=C(\C=N/CNC1CCCCC1)CNC. The normalized spacial score (nSPS) is 19.1. The molecular formula is C14H27N3. The Morgan fingerprint density at radius 2 is 2.06 bits per heavy atom. The molecule has 0 heterocycles. The van der Waals surface area contributed by atoms with Crippen LogP contribution in [0.2, 0.25) is 0 Å². The third-order valence-corrected chi connectivity index (χ3v) is 3.18. The number of hydrogen-bond donors (Lipinski definition) is 2. The van der Waals surface area contributed by atoms with Crippen molar-refractivity contribution < 1.29 is 0 Å². The quantitative estimate of drug-likeness (QED) is 0.667. The molecule has 0 aromatic heterocycles. The maximum atomic E-state index is 4.46. The molecule has 0 spiro atoms. The van der Waals surface area contributed by atoms with Crippen LogP contribution in [0.25, 0.3) is 0 Å². The lowest BCUT2D eigenvalue weighted by molar-refractivity contribution is 0.378. The number of hydrogen-bond acceptors (Lipinski definition) is 3. The summed E-state index contributed by atoms with van der Waals surface area (Å²) in [5, 5.41) is 6.68. The number of aliphatic imine (C=N–C) groups is 1. The topological polar surface area (TPSA) is 36.4 Å². The number of nitrogens with one attached hydrogen (secondary N) is 2. The van der Waals surface area contributed by atoms with Gasteiger partial charge in [-0.2, -0.15) is 0 Å². The van der Waals surface area contributed by atoms with Gasteiger partial charge in [-0.25, -0.2) is 0 Å². The van der Waals surface area contributed by atoms with E-state index in [1.54, 1.807) is 0 Å². The minimum absolute atomic E-state index is 0.698. The molecule has 0 amide bonds. The molecule has 98 valence electrons. The lowest BCUT2D eigenvalue weighted by Crippen LogP contribution is -2.31. The number of allylic oxidation sites excluding steroid dienone is 1. The average Bonchev–Trinajstić information content (AvgIpc) is 2.36. The predicted molar refractivity (Wildman–Crippen MR) is 75.7 cm³/mol. The molecule has 0 bridgehead atoms. The van der Waals surface area contributed by atoms with E-state index in [1.165, 1.54) is 37.7 Å². The summed E-state index contributed by atoms with van der Waals surface area (Å²) in [6.45, 7) is 3.82. The van der Waals surface area contributed by atoms with Crippen LogP contribution in [0.15, 0.2) is 16.6 Å². The Labute approximate surface area is 106 Å². The van der Waals surface area contributed by atoms with Gasteiger partial charge in [-0.1, -0.05) is 32.3 Å². The van der Waals surface area contributed by atoms with Crippen molar-refractivity contribution in [2.75, 3.05) is 20.3 Å². The minimum atomic E-state index is 0.698. The van der Waals surface area contributed by atoms with Gasteiger partial charge in [0.2, 0.25) is 0 Å². The molecule has 0 aliphatic heterocycles. The molecule has 1 aliphatic rings. The van der Waals surface area contributed by atoms with E-state index in [0.717, 1.165) is 19.6 Å². The van der Waals surface area contributed by atoms with Crippen molar-refractivity contribution in [1.29, 1.82) is 0 Å². The maximum absolute atomic E-state index is 4.46. The van der Waals surface area contributed by atoms with Gasteiger partial charge in [-0.3, -0.25) is 10.3 Å². The van der Waals surface area contributed by atoms with Gasteiger partial charge in [0.15, 0.2) is 0 Å². The highest BCUT2D eigenvalue weighted by molar-refractivity contribution is 5.78. The first-order chi connectivity index (χ1) is 8.36. The first-order valence-electron chi connectivity index (χ1n) is 6.93. The summed E-state index contributed by atoms with van der Waals surface area (Å²) < 4.78 is 0. The molecule has 1 aliphatic carbocycles. The Bertz CT molecular complexity index is 240. The Hall–Kier alpha value is -0.670. The summed E-state index contributed by atoms with van der Waals surface area (Å²) in [4.78, 5) is 4.46. The summed E-state index contributed by atoms with van der Waals surface area (Å²) in [5.74, 6) is 0. The van der Waals surface area contributed by atoms with Crippen LogP contribution in [0, 0.1) is 0 Å². The molecular weight excluding hydrogens is 210 g/mol. The number of nitrogens with zero attached hydrogens (tertiary/aromatic N) is 1. The fraction of sp³-hybridized carbons (Fsp3) is 0.786. The second-order valence-electron chi connectivity index (χ2n) is 4.73. The van der Waals surface area contributed by atoms with E-state index in [1.807, 2.05) is 13.3 Å². The Balaban J connectivity index is 2.20. The van der Waals surface area contributed by atoms with Crippen LogP contribution >= 0.6 is 0 Å². The summed E-state index contributed by atoms with van der Waals surface area (Å²) >= 11 is 0. The zero-order valence-electron chi connectivity index (χ0n) is 11.3. The third kappa shape index (κ3) is 6.59. The predicted octanol–water partition coefficient (Wildman–Crippen LogP) is 2.49. The van der Waals surface area contributed by atoms with Crippen LogP contribution in [-0.2, 0) is 0 Å². The summed E-state index contributed by atoms with van der Waals surface area (Å²) in [5.41, 5.74) is 1.28. The first-order valence-corrected chi connectivity index (χ1v) is 6.93. The van der Waals surface area contributed by atoms with Gasteiger partial charge in [0.1, 0.15) is 0 Å². The Morgan fingerprint density at radius 3 is 2.71 bits per heavy atom. The van der Waals surface area contributed by atoms with Crippen molar-refractivity contribution in [2.45, 2.75) is 51.5 Å². The van der Waals surface area contributed by atoms with Crippen molar-refractivity contribution >= 4 is 6.21 Å². The number of likely N-dealkylation sites (N-methyl/N-ethyl adjacent to an activating group) is 1. The van der Waals surface area contributed by atoms with Crippen molar-refractivity contribution in [3.63, 3.8) is 0 Å². The van der Waals surface area contributed by atoms with Gasteiger partial charge in [0.05, 0.1) is 6.67 Å². The molecule has 0 unspecified atom stereocenters. The van der Waals surface area contributed by atoms with E-state index in [-0.39, 0.29) is 0 Å². The molecule has 1 rings (SSSR count). The fourth-order valence-electron chi connectivity index (χ4n) is 2.29. The van der Waals surface area contributed by atoms with Crippen LogP contribution in [0.4, 0.5) is 0 Å². The van der Waals surface area contributed by atoms with Gasteiger partial charge in [-0.05, 0) is 31.9 Å². The molecule has 17 heavy (non-hydrogen) atoms. The van der Waals surface area contributed by atoms with Gasteiger partial charge < -0.3 is 5.32 Å². The van der Waals surface area contributed by atoms with Crippen LogP contribution < -0.4 is 10.6 Å². The maximum Gasteiger partial charge on any atom is 0.0886 e. The molecule has 1 saturated carbocycles. The monoisotopic (exact) mass is 237 g/mol. The Kier molecular flexibility index (Phi) is 7.93. The van der Waals surface area contributed by atoms with Crippen molar-refractivity contribution in [3.05, 3.63) is 11.6 Å². The lowest BCUT2D eigenvalue weighted by atomic mass is 9.96. The van der Waals surface area contributed by atoms with Crippen molar-refractivity contribution in [1.82, 2.24) is 10.6 Å². The van der Waals surface area contributed by atoms with Crippen LogP contribution in [0.5, 0.6) is 0 Å². The summed E-state index contributed by atoms with van der Waals surface area (Å²) in [7, 11) is 1.97. The van der Waals surface area contributed by atoms with E-state index < -0.39 is 0 Å². The minimum Gasteiger partial charge on any atom is -0.316 e. The van der Waals surface area contributed by atoms with Crippen LogP contribution in [-0.4, -0.2) is 32.5 Å². The molecule has 0 radical (unpaired) electrons. The molecule has 3 heteroatoms. The first kappa shape index (κ1) is 14.4. The Morgan fingerprint density at radius 1 is 1.29 bits per heavy atom. The zero-order valence-corrected chi connectivity index (χ0v) is 11.3. The van der Waals surface area contributed by atoms with E-state index >= 15 is 0 Å². The second-order valence-corrected chi connectivity index (χ2v) is 4.73. The fourth-order valence-corrected chi connectivity index (χ4v) is 2.29. The van der Waals surface area contributed by atoms with Crippen molar-refractivity contribution in [3.8, 4) is 0 Å². The highest BCUT2D eigenvalue weighted by Crippen LogP contribution is 2.16. The smallest absolute Gasteiger partial charge is 0.0886 e. The molecule has 0 aromatic rings. The van der Waals surface area contributed by atoms with E-state index in [9.17, 15) is 0 Å². The molecule has 0 atom stereocenters. The van der Waals surface area contributed by atoms with E-state index in [4.69, 9.17) is 0 Å².